The van der Waals surface area contributed by atoms with Crippen molar-refractivity contribution in [1.82, 2.24) is 0 Å². The first-order valence-electron chi connectivity index (χ1n) is 5.71. The average molecular weight is 220 g/mol. The van der Waals surface area contributed by atoms with Crippen molar-refractivity contribution in [3.05, 3.63) is 29.8 Å². The van der Waals surface area contributed by atoms with E-state index in [2.05, 4.69) is 0 Å². The van der Waals surface area contributed by atoms with E-state index in [4.69, 9.17) is 0 Å². The number of rotatable bonds is 2. The van der Waals surface area contributed by atoms with Crippen LogP contribution in [0, 0.1) is 5.92 Å². The van der Waals surface area contributed by atoms with Crippen LogP contribution < -0.4 is 0 Å². The number of aromatic hydroxyl groups is 1. The Balaban J connectivity index is 2.30. The SMILES string of the molecule is O=C(O)[C@H]1CCCC[C@H]1c1ccccc1O. The van der Waals surface area contributed by atoms with Gasteiger partial charge >= 0.3 is 5.97 Å². The van der Waals surface area contributed by atoms with E-state index in [1.165, 1.54) is 0 Å². The highest BCUT2D eigenvalue weighted by atomic mass is 16.4. The molecule has 0 amide bonds. The third-order valence-electron chi connectivity index (χ3n) is 3.42. The summed E-state index contributed by atoms with van der Waals surface area (Å²) in [5.74, 6) is -0.900. The Labute approximate surface area is 94.7 Å². The second-order valence-corrected chi connectivity index (χ2v) is 4.39. The maximum atomic E-state index is 11.2. The van der Waals surface area contributed by atoms with Gasteiger partial charge in [-0.15, -0.1) is 0 Å². The van der Waals surface area contributed by atoms with Crippen LogP contribution in [0.1, 0.15) is 37.2 Å². The summed E-state index contributed by atoms with van der Waals surface area (Å²) < 4.78 is 0. The zero-order chi connectivity index (χ0) is 11.5. The molecule has 3 heteroatoms. The molecule has 0 saturated heterocycles. The molecule has 0 spiro atoms. The Morgan fingerprint density at radius 3 is 2.56 bits per heavy atom. The lowest BCUT2D eigenvalue weighted by Crippen LogP contribution is -2.25. The van der Waals surface area contributed by atoms with Gasteiger partial charge in [0, 0.05) is 5.92 Å². The number of carboxylic acids is 1. The van der Waals surface area contributed by atoms with Crippen molar-refractivity contribution in [2.45, 2.75) is 31.6 Å². The number of benzene rings is 1. The number of phenols is 1. The van der Waals surface area contributed by atoms with E-state index in [9.17, 15) is 15.0 Å². The van der Waals surface area contributed by atoms with E-state index >= 15 is 0 Å². The molecule has 0 heterocycles. The lowest BCUT2D eigenvalue weighted by Gasteiger charge is -2.29. The number of carbonyl (C=O) groups is 1. The Hall–Kier alpha value is -1.51. The first kappa shape index (κ1) is 11.0. The molecule has 0 bridgehead atoms. The lowest BCUT2D eigenvalue weighted by molar-refractivity contribution is -0.143. The van der Waals surface area contributed by atoms with Crippen molar-refractivity contribution in [3.8, 4) is 5.75 Å². The number of aliphatic carboxylic acids is 1. The van der Waals surface area contributed by atoms with Crippen LogP contribution in [-0.4, -0.2) is 16.2 Å². The summed E-state index contributed by atoms with van der Waals surface area (Å²) in [5.41, 5.74) is 0.787. The van der Waals surface area contributed by atoms with Crippen LogP contribution in [0.2, 0.25) is 0 Å². The number of phenolic OH excluding ortho intramolecular Hbond substituents is 1. The van der Waals surface area contributed by atoms with Gasteiger partial charge in [0.1, 0.15) is 5.75 Å². The normalized spacial score (nSPS) is 25.2. The smallest absolute Gasteiger partial charge is 0.307 e. The molecule has 2 N–H and O–H groups in total. The summed E-state index contributed by atoms with van der Waals surface area (Å²) in [6, 6.07) is 7.07. The van der Waals surface area contributed by atoms with Crippen LogP contribution in [0.15, 0.2) is 24.3 Å². The minimum atomic E-state index is -0.743. The number of carboxylic acid groups (broad SMARTS) is 1. The van der Waals surface area contributed by atoms with Gasteiger partial charge in [0.05, 0.1) is 5.92 Å². The molecule has 2 rings (SSSR count). The van der Waals surface area contributed by atoms with Gasteiger partial charge in [-0.05, 0) is 24.5 Å². The van der Waals surface area contributed by atoms with Crippen LogP contribution in [0.25, 0.3) is 0 Å². The molecule has 1 aliphatic carbocycles. The summed E-state index contributed by atoms with van der Waals surface area (Å²) in [5, 5.41) is 18.9. The highest BCUT2D eigenvalue weighted by Gasteiger charge is 2.32. The van der Waals surface area contributed by atoms with E-state index in [-0.39, 0.29) is 17.6 Å². The molecule has 1 saturated carbocycles. The fourth-order valence-corrected chi connectivity index (χ4v) is 2.60. The fraction of sp³-hybridized carbons (Fsp3) is 0.462. The highest BCUT2D eigenvalue weighted by Crippen LogP contribution is 2.40. The first-order chi connectivity index (χ1) is 7.70. The van der Waals surface area contributed by atoms with Gasteiger partial charge in [0.15, 0.2) is 0 Å². The summed E-state index contributed by atoms with van der Waals surface area (Å²) in [6.07, 6.45) is 3.59. The molecule has 2 atom stereocenters. The zero-order valence-electron chi connectivity index (χ0n) is 9.10. The minimum absolute atomic E-state index is 0.0348. The molecular formula is C13H16O3. The number of hydrogen-bond acceptors (Lipinski definition) is 2. The Kier molecular flexibility index (Phi) is 3.13. The van der Waals surface area contributed by atoms with Gasteiger partial charge in [-0.3, -0.25) is 4.79 Å². The zero-order valence-corrected chi connectivity index (χ0v) is 9.10. The average Bonchev–Trinajstić information content (AvgIpc) is 2.29. The molecular weight excluding hydrogens is 204 g/mol. The van der Waals surface area contributed by atoms with Crippen LogP contribution in [0.5, 0.6) is 5.75 Å². The predicted octanol–water partition coefficient (Wildman–Crippen LogP) is 2.75. The minimum Gasteiger partial charge on any atom is -0.508 e. The van der Waals surface area contributed by atoms with E-state index < -0.39 is 5.97 Å². The Bertz CT molecular complexity index is 387. The van der Waals surface area contributed by atoms with Gasteiger partial charge < -0.3 is 10.2 Å². The molecule has 3 nitrogen and oxygen atoms in total. The molecule has 0 unspecified atom stereocenters. The van der Waals surface area contributed by atoms with E-state index in [1.54, 1.807) is 12.1 Å². The van der Waals surface area contributed by atoms with Crippen LogP contribution in [0.3, 0.4) is 0 Å². The topological polar surface area (TPSA) is 57.5 Å². The van der Waals surface area contributed by atoms with Crippen LogP contribution >= 0.6 is 0 Å². The molecule has 1 aliphatic rings. The van der Waals surface area contributed by atoms with Gasteiger partial charge in [-0.1, -0.05) is 31.0 Å². The molecule has 1 aromatic rings. The molecule has 16 heavy (non-hydrogen) atoms. The Morgan fingerprint density at radius 2 is 1.88 bits per heavy atom. The number of para-hydroxylation sites is 1. The van der Waals surface area contributed by atoms with E-state index in [1.807, 2.05) is 12.1 Å². The van der Waals surface area contributed by atoms with Crippen molar-refractivity contribution in [1.29, 1.82) is 0 Å². The van der Waals surface area contributed by atoms with Crippen molar-refractivity contribution in [2.24, 2.45) is 5.92 Å². The van der Waals surface area contributed by atoms with Crippen molar-refractivity contribution in [3.63, 3.8) is 0 Å². The summed E-state index contributed by atoms with van der Waals surface area (Å²) in [4.78, 5) is 11.2. The summed E-state index contributed by atoms with van der Waals surface area (Å²) in [7, 11) is 0. The molecule has 0 aliphatic heterocycles. The van der Waals surface area contributed by atoms with Gasteiger partial charge in [-0.25, -0.2) is 0 Å². The second kappa shape index (κ2) is 4.56. The quantitative estimate of drug-likeness (QED) is 0.805. The molecule has 0 aromatic heterocycles. The van der Waals surface area contributed by atoms with Crippen molar-refractivity contribution >= 4 is 5.97 Å². The van der Waals surface area contributed by atoms with Crippen molar-refractivity contribution in [2.75, 3.05) is 0 Å². The number of hydrogen-bond donors (Lipinski definition) is 2. The Morgan fingerprint density at radius 1 is 1.19 bits per heavy atom. The van der Waals surface area contributed by atoms with E-state index in [0.717, 1.165) is 24.8 Å². The van der Waals surface area contributed by atoms with Gasteiger partial charge in [0.25, 0.3) is 0 Å². The highest BCUT2D eigenvalue weighted by molar-refractivity contribution is 5.71. The third-order valence-corrected chi connectivity index (χ3v) is 3.42. The fourth-order valence-electron chi connectivity index (χ4n) is 2.60. The lowest BCUT2D eigenvalue weighted by atomic mass is 9.75. The first-order valence-corrected chi connectivity index (χ1v) is 5.71. The van der Waals surface area contributed by atoms with Gasteiger partial charge in [0.2, 0.25) is 0 Å². The van der Waals surface area contributed by atoms with Crippen LogP contribution in [-0.2, 0) is 4.79 Å². The summed E-state index contributed by atoms with van der Waals surface area (Å²) in [6.45, 7) is 0. The molecule has 86 valence electrons. The standard InChI is InChI=1S/C13H16O3/c14-12-8-4-3-6-10(12)9-5-1-2-7-11(9)13(15)16/h3-4,6,8-9,11,14H,1-2,5,7H2,(H,15,16)/t9-,11-/m0/s1. The maximum Gasteiger partial charge on any atom is 0.307 e. The second-order valence-electron chi connectivity index (χ2n) is 4.39. The van der Waals surface area contributed by atoms with Gasteiger partial charge in [-0.2, -0.15) is 0 Å². The van der Waals surface area contributed by atoms with Crippen LogP contribution in [0.4, 0.5) is 0 Å². The molecule has 1 aromatic carbocycles. The molecule has 1 fully saturated rings. The monoisotopic (exact) mass is 220 g/mol. The molecule has 0 radical (unpaired) electrons. The van der Waals surface area contributed by atoms with E-state index in [0.29, 0.717) is 6.42 Å². The predicted molar refractivity (Wildman–Crippen MR) is 60.4 cm³/mol. The van der Waals surface area contributed by atoms with Crippen molar-refractivity contribution < 1.29 is 15.0 Å². The summed E-state index contributed by atoms with van der Waals surface area (Å²) >= 11 is 0. The maximum absolute atomic E-state index is 11.2. The largest absolute Gasteiger partial charge is 0.508 e. The third kappa shape index (κ3) is 2.03.